The highest BCUT2D eigenvalue weighted by Gasteiger charge is 2.22. The van der Waals surface area contributed by atoms with Crippen LogP contribution < -0.4 is 10.2 Å². The summed E-state index contributed by atoms with van der Waals surface area (Å²) in [6, 6.07) is 9.99. The number of pyridine rings is 1. The second kappa shape index (κ2) is 8.23. The maximum absolute atomic E-state index is 12.8. The van der Waals surface area contributed by atoms with Crippen LogP contribution in [-0.2, 0) is 11.2 Å². The molecule has 0 atom stereocenters. The van der Waals surface area contributed by atoms with Crippen LogP contribution in [0.4, 0.5) is 11.4 Å². The largest absolute Gasteiger partial charge is 0.378 e. The summed E-state index contributed by atoms with van der Waals surface area (Å²) in [6.45, 7) is 2.70. The minimum absolute atomic E-state index is 0.115. The first-order valence-electron chi connectivity index (χ1n) is 9.31. The van der Waals surface area contributed by atoms with Crippen molar-refractivity contribution in [1.29, 1.82) is 0 Å². The molecule has 0 unspecified atom stereocenters. The molecule has 0 spiro atoms. The van der Waals surface area contributed by atoms with Gasteiger partial charge in [0.15, 0.2) is 5.65 Å². The van der Waals surface area contributed by atoms with Crippen LogP contribution in [0.15, 0.2) is 42.6 Å². The van der Waals surface area contributed by atoms with Gasteiger partial charge in [-0.2, -0.15) is 0 Å². The molecule has 3 heterocycles. The number of benzene rings is 1. The third kappa shape index (κ3) is 4.02. The number of nitrogens with one attached hydrogen (secondary N) is 1. The molecule has 10 heteroatoms. The number of aromatic nitrogens is 3. The Balaban J connectivity index is 1.50. The van der Waals surface area contributed by atoms with Crippen molar-refractivity contribution in [1.82, 2.24) is 19.9 Å². The molecule has 0 saturated carbocycles. The molecule has 150 valence electrons. The van der Waals surface area contributed by atoms with E-state index in [0.717, 1.165) is 11.5 Å². The molecule has 1 aliphatic rings. The predicted molar refractivity (Wildman–Crippen MR) is 105 cm³/mol. The normalized spacial score (nSPS) is 14.1. The maximum atomic E-state index is 12.8. The molecular formula is C19H20N6O4. The quantitative estimate of drug-likeness (QED) is 0.495. The van der Waals surface area contributed by atoms with Crippen molar-refractivity contribution in [3.05, 3.63) is 64.1 Å². The molecule has 0 aliphatic carbocycles. The molecule has 1 fully saturated rings. The third-order valence-electron chi connectivity index (χ3n) is 4.81. The number of non-ortho nitro benzene ring substituents is 1. The summed E-state index contributed by atoms with van der Waals surface area (Å²) in [5.74, 6) is 0.373. The highest BCUT2D eigenvalue weighted by Crippen LogP contribution is 2.26. The minimum atomic E-state index is -0.498. The highest BCUT2D eigenvalue weighted by atomic mass is 16.6. The van der Waals surface area contributed by atoms with Gasteiger partial charge in [-0.15, -0.1) is 10.2 Å². The highest BCUT2D eigenvalue weighted by molar-refractivity contribution is 6.00. The fourth-order valence-corrected chi connectivity index (χ4v) is 3.34. The molecule has 2 aromatic heterocycles. The monoisotopic (exact) mass is 396 g/mol. The standard InChI is InChI=1S/C19H20N6O4/c26-19(20-7-6-18-22-21-17-3-1-2-8-24(17)18)15-13-14(25(27)28)4-5-16(15)23-9-11-29-12-10-23/h1-5,8,13H,6-7,9-12H2,(H,20,26). The number of hydrogen-bond acceptors (Lipinski definition) is 7. The van der Waals surface area contributed by atoms with Crippen LogP contribution >= 0.6 is 0 Å². The van der Waals surface area contributed by atoms with E-state index in [-0.39, 0.29) is 17.2 Å². The summed E-state index contributed by atoms with van der Waals surface area (Å²) in [5.41, 5.74) is 1.58. The van der Waals surface area contributed by atoms with Crippen LogP contribution in [0.1, 0.15) is 16.2 Å². The summed E-state index contributed by atoms with van der Waals surface area (Å²) >= 11 is 0. The van der Waals surface area contributed by atoms with Crippen molar-refractivity contribution < 1.29 is 14.5 Å². The number of amides is 1. The Hall–Kier alpha value is -3.53. The zero-order valence-electron chi connectivity index (χ0n) is 15.7. The SMILES string of the molecule is O=C(NCCc1nnc2ccccn12)c1cc([N+](=O)[O-])ccc1N1CCOCC1. The molecule has 0 bridgehead atoms. The second-order valence-corrected chi connectivity index (χ2v) is 6.61. The fraction of sp³-hybridized carbons (Fsp3) is 0.316. The fourth-order valence-electron chi connectivity index (χ4n) is 3.34. The Morgan fingerprint density at radius 2 is 2.03 bits per heavy atom. The molecule has 1 saturated heterocycles. The lowest BCUT2D eigenvalue weighted by Crippen LogP contribution is -2.38. The molecule has 4 rings (SSSR count). The van der Waals surface area contributed by atoms with Crippen molar-refractivity contribution in [3.63, 3.8) is 0 Å². The van der Waals surface area contributed by atoms with Gasteiger partial charge >= 0.3 is 0 Å². The minimum Gasteiger partial charge on any atom is -0.378 e. The van der Waals surface area contributed by atoms with Crippen molar-refractivity contribution in [2.75, 3.05) is 37.7 Å². The number of carbonyl (C=O) groups excluding carboxylic acids is 1. The number of nitrogens with zero attached hydrogens (tertiary/aromatic N) is 5. The first-order chi connectivity index (χ1) is 14.1. The maximum Gasteiger partial charge on any atom is 0.270 e. The van der Waals surface area contributed by atoms with Crippen LogP contribution in [0.2, 0.25) is 0 Å². The summed E-state index contributed by atoms with van der Waals surface area (Å²) in [7, 11) is 0. The zero-order chi connectivity index (χ0) is 20.2. The summed E-state index contributed by atoms with van der Waals surface area (Å²) < 4.78 is 7.22. The number of fused-ring (bicyclic) bond motifs is 1. The third-order valence-corrected chi connectivity index (χ3v) is 4.81. The Kier molecular flexibility index (Phi) is 5.34. The first-order valence-corrected chi connectivity index (χ1v) is 9.31. The number of rotatable bonds is 6. The Morgan fingerprint density at radius 3 is 2.83 bits per heavy atom. The number of carbonyl (C=O) groups is 1. The molecule has 1 aromatic carbocycles. The number of anilines is 1. The second-order valence-electron chi connectivity index (χ2n) is 6.61. The van der Waals surface area contributed by atoms with Gasteiger partial charge in [-0.3, -0.25) is 19.3 Å². The number of ether oxygens (including phenoxy) is 1. The van der Waals surface area contributed by atoms with Gasteiger partial charge in [0.05, 0.1) is 29.4 Å². The van der Waals surface area contributed by atoms with Crippen LogP contribution in [0.25, 0.3) is 5.65 Å². The van der Waals surface area contributed by atoms with E-state index in [2.05, 4.69) is 15.5 Å². The molecule has 10 nitrogen and oxygen atoms in total. The summed E-state index contributed by atoms with van der Waals surface area (Å²) in [4.78, 5) is 25.5. The van der Waals surface area contributed by atoms with Crippen molar-refractivity contribution in [2.24, 2.45) is 0 Å². The van der Waals surface area contributed by atoms with Crippen LogP contribution in [0.3, 0.4) is 0 Å². The molecule has 0 radical (unpaired) electrons. The van der Waals surface area contributed by atoms with E-state index in [1.807, 2.05) is 33.7 Å². The van der Waals surface area contributed by atoms with Gasteiger partial charge in [-0.1, -0.05) is 6.07 Å². The summed E-state index contributed by atoms with van der Waals surface area (Å²) in [6.07, 6.45) is 2.35. The van der Waals surface area contributed by atoms with Gasteiger partial charge < -0.3 is 15.0 Å². The lowest BCUT2D eigenvalue weighted by molar-refractivity contribution is -0.384. The van der Waals surface area contributed by atoms with E-state index < -0.39 is 4.92 Å². The molecule has 3 aromatic rings. The molecule has 1 aliphatic heterocycles. The lowest BCUT2D eigenvalue weighted by Gasteiger charge is -2.30. The van der Waals surface area contributed by atoms with Crippen LogP contribution in [-0.4, -0.2) is 58.3 Å². The molecular weight excluding hydrogens is 376 g/mol. The van der Waals surface area contributed by atoms with E-state index in [1.54, 1.807) is 6.07 Å². The number of morpholine rings is 1. The predicted octanol–water partition coefficient (Wildman–Crippen LogP) is 1.45. The topological polar surface area (TPSA) is 115 Å². The Labute approximate surface area is 166 Å². The van der Waals surface area contributed by atoms with Gasteiger partial charge in [-0.05, 0) is 18.2 Å². The number of nitro benzene ring substituents is 1. The van der Waals surface area contributed by atoms with Gasteiger partial charge in [0.1, 0.15) is 5.82 Å². The smallest absolute Gasteiger partial charge is 0.270 e. The summed E-state index contributed by atoms with van der Waals surface area (Å²) in [5, 5.41) is 22.3. The average Bonchev–Trinajstić information content (AvgIpc) is 3.17. The first kappa shape index (κ1) is 18.8. The zero-order valence-corrected chi connectivity index (χ0v) is 15.7. The van der Waals surface area contributed by atoms with Crippen molar-refractivity contribution in [2.45, 2.75) is 6.42 Å². The van der Waals surface area contributed by atoms with Crippen molar-refractivity contribution >= 4 is 22.9 Å². The molecule has 1 amide bonds. The van der Waals surface area contributed by atoms with Crippen LogP contribution in [0.5, 0.6) is 0 Å². The van der Waals surface area contributed by atoms with Gasteiger partial charge in [-0.25, -0.2) is 0 Å². The van der Waals surface area contributed by atoms with E-state index in [9.17, 15) is 14.9 Å². The van der Waals surface area contributed by atoms with Crippen LogP contribution in [0, 0.1) is 10.1 Å². The average molecular weight is 396 g/mol. The lowest BCUT2D eigenvalue weighted by atomic mass is 10.1. The number of hydrogen-bond donors (Lipinski definition) is 1. The molecule has 29 heavy (non-hydrogen) atoms. The van der Waals surface area contributed by atoms with Crippen molar-refractivity contribution in [3.8, 4) is 0 Å². The molecule has 1 N–H and O–H groups in total. The van der Waals surface area contributed by atoms with E-state index in [4.69, 9.17) is 4.74 Å². The Bertz CT molecular complexity index is 1040. The number of nitro groups is 1. The van der Waals surface area contributed by atoms with Gasteiger partial charge in [0, 0.05) is 44.4 Å². The van der Waals surface area contributed by atoms with Gasteiger partial charge in [0.25, 0.3) is 11.6 Å². The van der Waals surface area contributed by atoms with E-state index in [1.165, 1.54) is 12.1 Å². The Morgan fingerprint density at radius 1 is 1.21 bits per heavy atom. The van der Waals surface area contributed by atoms with E-state index in [0.29, 0.717) is 45.0 Å². The van der Waals surface area contributed by atoms with E-state index >= 15 is 0 Å². The van der Waals surface area contributed by atoms with Gasteiger partial charge in [0.2, 0.25) is 0 Å².